The van der Waals surface area contributed by atoms with Crippen LogP contribution in [0.15, 0.2) is 24.3 Å². The lowest BCUT2D eigenvalue weighted by Gasteiger charge is -2.19. The molecule has 0 aliphatic rings. The maximum Gasteiger partial charge on any atom is 0.413 e. The second-order valence-electron chi connectivity index (χ2n) is 3.70. The maximum atomic E-state index is 11.6. The fourth-order valence-corrected chi connectivity index (χ4v) is 1.43. The number of halogens is 1. The van der Waals surface area contributed by atoms with Crippen molar-refractivity contribution in [2.45, 2.75) is 13.0 Å². The van der Waals surface area contributed by atoms with Gasteiger partial charge in [-0.1, -0.05) is 23.7 Å². The molecule has 0 aliphatic carbocycles. The van der Waals surface area contributed by atoms with Crippen LogP contribution in [0.25, 0.3) is 0 Å². The lowest BCUT2D eigenvalue weighted by atomic mass is 10.3. The highest BCUT2D eigenvalue weighted by molar-refractivity contribution is 6.32. The number of para-hydroxylation sites is 1. The number of ether oxygens (including phenoxy) is 1. The number of hydrogen-bond acceptors (Lipinski definition) is 4. The quantitative estimate of drug-likeness (QED) is 0.858. The van der Waals surface area contributed by atoms with Crippen molar-refractivity contribution in [3.63, 3.8) is 0 Å². The predicted molar refractivity (Wildman–Crippen MR) is 69.9 cm³/mol. The van der Waals surface area contributed by atoms with Crippen molar-refractivity contribution >= 4 is 23.6 Å². The van der Waals surface area contributed by atoms with E-state index in [-0.39, 0.29) is 5.75 Å². The molecule has 7 heteroatoms. The third-order valence-corrected chi connectivity index (χ3v) is 2.64. The van der Waals surface area contributed by atoms with Gasteiger partial charge in [-0.05, 0) is 19.1 Å². The number of hydrogen-bond donors (Lipinski definition) is 1. The molecule has 0 aliphatic heterocycles. The van der Waals surface area contributed by atoms with Gasteiger partial charge in [0.1, 0.15) is 6.04 Å². The predicted octanol–water partition coefficient (Wildman–Crippen LogP) is 1.84. The van der Waals surface area contributed by atoms with Gasteiger partial charge < -0.3 is 10.1 Å². The van der Waals surface area contributed by atoms with Gasteiger partial charge in [0.05, 0.1) is 12.1 Å². The van der Waals surface area contributed by atoms with Gasteiger partial charge in [-0.15, -0.1) is 0 Å². The summed E-state index contributed by atoms with van der Waals surface area (Å²) in [6.45, 7) is 1.52. The molecule has 2 amide bonds. The number of nitrogens with zero attached hydrogens (tertiary/aromatic N) is 1. The lowest BCUT2D eigenvalue weighted by molar-refractivity contribution is -0.170. The van der Waals surface area contributed by atoms with Crippen LogP contribution in [-0.2, 0) is 9.63 Å². The van der Waals surface area contributed by atoms with Crippen LogP contribution in [0, 0.1) is 0 Å². The third-order valence-electron chi connectivity index (χ3n) is 2.33. The van der Waals surface area contributed by atoms with E-state index in [0.29, 0.717) is 5.02 Å². The zero-order valence-corrected chi connectivity index (χ0v) is 11.6. The van der Waals surface area contributed by atoms with Gasteiger partial charge in [-0.2, -0.15) is 0 Å². The summed E-state index contributed by atoms with van der Waals surface area (Å²) in [7, 11) is 2.80. The molecule has 0 saturated carbocycles. The van der Waals surface area contributed by atoms with Crippen LogP contribution in [0.1, 0.15) is 6.92 Å². The molecule has 1 aromatic carbocycles. The van der Waals surface area contributed by atoms with E-state index in [1.54, 1.807) is 24.3 Å². The molecule has 0 heterocycles. The summed E-state index contributed by atoms with van der Waals surface area (Å²) in [5, 5.41) is 3.70. The summed E-state index contributed by atoms with van der Waals surface area (Å²) in [6, 6.07) is 5.77. The molecular weight excluding hydrogens is 272 g/mol. The standard InChI is InChI=1S/C12H15ClN2O4/c1-8(11(16)15(2)18-3)14-12(17)19-10-7-5-4-6-9(10)13/h4-8H,1-3H3,(H,14,17). The van der Waals surface area contributed by atoms with Gasteiger partial charge in [0.15, 0.2) is 5.75 Å². The normalized spacial score (nSPS) is 11.6. The van der Waals surface area contributed by atoms with E-state index in [1.807, 2.05) is 0 Å². The Morgan fingerprint density at radius 2 is 2.00 bits per heavy atom. The Labute approximate surface area is 116 Å². The first-order chi connectivity index (χ1) is 8.95. The number of benzene rings is 1. The largest absolute Gasteiger partial charge is 0.413 e. The van der Waals surface area contributed by atoms with Gasteiger partial charge >= 0.3 is 6.09 Å². The first-order valence-electron chi connectivity index (χ1n) is 5.50. The van der Waals surface area contributed by atoms with E-state index >= 15 is 0 Å². The summed E-state index contributed by atoms with van der Waals surface area (Å²) < 4.78 is 4.99. The van der Waals surface area contributed by atoms with E-state index in [2.05, 4.69) is 5.32 Å². The van der Waals surface area contributed by atoms with Crippen LogP contribution in [0.2, 0.25) is 5.02 Å². The van der Waals surface area contributed by atoms with Crippen LogP contribution in [0.3, 0.4) is 0 Å². The summed E-state index contributed by atoms with van der Waals surface area (Å²) in [6.07, 6.45) is -0.765. The minimum atomic E-state index is -0.778. The van der Waals surface area contributed by atoms with Crippen molar-refractivity contribution in [1.29, 1.82) is 0 Å². The van der Waals surface area contributed by atoms with Crippen molar-refractivity contribution in [3.8, 4) is 5.75 Å². The number of rotatable bonds is 4. The van der Waals surface area contributed by atoms with Crippen molar-refractivity contribution in [2.24, 2.45) is 0 Å². The third kappa shape index (κ3) is 4.42. The highest BCUT2D eigenvalue weighted by Gasteiger charge is 2.20. The Morgan fingerprint density at radius 1 is 1.37 bits per heavy atom. The lowest BCUT2D eigenvalue weighted by Crippen LogP contribution is -2.46. The molecule has 0 bridgehead atoms. The molecule has 19 heavy (non-hydrogen) atoms. The minimum Gasteiger partial charge on any atom is -0.409 e. The second kappa shape index (κ2) is 6.96. The monoisotopic (exact) mass is 286 g/mol. The Morgan fingerprint density at radius 3 is 2.58 bits per heavy atom. The topological polar surface area (TPSA) is 67.9 Å². The van der Waals surface area contributed by atoms with E-state index < -0.39 is 18.0 Å². The first kappa shape index (κ1) is 15.3. The second-order valence-corrected chi connectivity index (χ2v) is 4.11. The zero-order chi connectivity index (χ0) is 14.4. The highest BCUT2D eigenvalue weighted by Crippen LogP contribution is 2.23. The first-order valence-corrected chi connectivity index (χ1v) is 5.88. The van der Waals surface area contributed by atoms with Crippen molar-refractivity contribution in [2.75, 3.05) is 14.2 Å². The smallest absolute Gasteiger partial charge is 0.409 e. The van der Waals surface area contributed by atoms with Gasteiger partial charge in [0.2, 0.25) is 0 Å². The molecular formula is C12H15ClN2O4. The van der Waals surface area contributed by atoms with E-state index in [9.17, 15) is 9.59 Å². The summed E-state index contributed by atoms with van der Waals surface area (Å²) in [5.41, 5.74) is 0. The molecule has 0 fully saturated rings. The van der Waals surface area contributed by atoms with Crippen LogP contribution in [0.5, 0.6) is 5.75 Å². The highest BCUT2D eigenvalue weighted by atomic mass is 35.5. The molecule has 1 N–H and O–H groups in total. The van der Waals surface area contributed by atoms with Gasteiger partial charge in [-0.3, -0.25) is 9.63 Å². The summed E-state index contributed by atoms with van der Waals surface area (Å²) in [4.78, 5) is 27.9. The van der Waals surface area contributed by atoms with Crippen molar-refractivity contribution in [1.82, 2.24) is 10.4 Å². The molecule has 0 aromatic heterocycles. The fourth-order valence-electron chi connectivity index (χ4n) is 1.26. The van der Waals surface area contributed by atoms with E-state index in [4.69, 9.17) is 21.2 Å². The number of carbonyl (C=O) groups excluding carboxylic acids is 2. The van der Waals surface area contributed by atoms with Crippen LogP contribution < -0.4 is 10.1 Å². The van der Waals surface area contributed by atoms with E-state index in [0.717, 1.165) is 5.06 Å². The Kier molecular flexibility index (Phi) is 5.59. The Bertz CT molecular complexity index is 467. The fraction of sp³-hybridized carbons (Fsp3) is 0.333. The Hall–Kier alpha value is -1.79. The SMILES string of the molecule is CON(C)C(=O)C(C)NC(=O)Oc1ccccc1Cl. The average Bonchev–Trinajstić information content (AvgIpc) is 2.39. The van der Waals surface area contributed by atoms with Crippen molar-refractivity contribution in [3.05, 3.63) is 29.3 Å². The number of carbonyl (C=O) groups is 2. The molecule has 0 saturated heterocycles. The maximum absolute atomic E-state index is 11.6. The molecule has 6 nitrogen and oxygen atoms in total. The number of amides is 2. The molecule has 1 unspecified atom stereocenters. The zero-order valence-electron chi connectivity index (χ0n) is 10.8. The summed E-state index contributed by atoms with van der Waals surface area (Å²) >= 11 is 5.84. The Balaban J connectivity index is 2.56. The minimum absolute atomic E-state index is 0.224. The molecule has 0 spiro atoms. The van der Waals surface area contributed by atoms with Gasteiger partial charge in [-0.25, -0.2) is 9.86 Å². The summed E-state index contributed by atoms with van der Waals surface area (Å²) in [5.74, 6) is -0.181. The van der Waals surface area contributed by atoms with Crippen LogP contribution in [0.4, 0.5) is 4.79 Å². The van der Waals surface area contributed by atoms with Crippen LogP contribution in [-0.4, -0.2) is 37.3 Å². The number of likely N-dealkylation sites (N-methyl/N-ethyl adjacent to an activating group) is 1. The number of hydroxylamine groups is 2. The van der Waals surface area contributed by atoms with Crippen molar-refractivity contribution < 1.29 is 19.2 Å². The number of nitrogens with one attached hydrogen (secondary N) is 1. The molecule has 0 radical (unpaired) electrons. The molecule has 1 rings (SSSR count). The van der Waals surface area contributed by atoms with Crippen LogP contribution >= 0.6 is 11.6 Å². The molecule has 1 aromatic rings. The molecule has 1 atom stereocenters. The van der Waals surface area contributed by atoms with E-state index in [1.165, 1.54) is 21.1 Å². The molecule has 104 valence electrons. The van der Waals surface area contributed by atoms with Gasteiger partial charge in [0, 0.05) is 7.05 Å². The average molecular weight is 287 g/mol. The van der Waals surface area contributed by atoms with Gasteiger partial charge in [0.25, 0.3) is 5.91 Å².